The lowest BCUT2D eigenvalue weighted by Gasteiger charge is -2.36. The molecule has 5 nitrogen and oxygen atoms in total. The van der Waals surface area contributed by atoms with Gasteiger partial charge in [-0.25, -0.2) is 0 Å². The van der Waals surface area contributed by atoms with Gasteiger partial charge in [0.15, 0.2) is 0 Å². The smallest absolute Gasteiger partial charge is 0.308 e. The molecular formula is C22H20N2O3S2. The summed E-state index contributed by atoms with van der Waals surface area (Å²) in [6.07, 6.45) is 0. The summed E-state index contributed by atoms with van der Waals surface area (Å²) < 4.78 is 7.56. The van der Waals surface area contributed by atoms with Crippen molar-refractivity contribution in [3.63, 3.8) is 0 Å². The third-order valence-electron chi connectivity index (χ3n) is 5.37. The molecule has 0 radical (unpaired) electrons. The van der Waals surface area contributed by atoms with E-state index in [2.05, 4.69) is 11.4 Å². The number of carbonyl (C=O) groups is 1. The Labute approximate surface area is 176 Å². The number of amides is 1. The van der Waals surface area contributed by atoms with Crippen LogP contribution in [0.25, 0.3) is 0 Å². The fraction of sp³-hybridized carbons (Fsp3) is 0.273. The molecule has 29 heavy (non-hydrogen) atoms. The van der Waals surface area contributed by atoms with Gasteiger partial charge in [-0.3, -0.25) is 14.2 Å². The Kier molecular flexibility index (Phi) is 4.72. The molecule has 0 fully saturated rings. The van der Waals surface area contributed by atoms with E-state index in [4.69, 9.17) is 4.74 Å². The van der Waals surface area contributed by atoms with E-state index in [1.165, 1.54) is 11.3 Å². The maximum Gasteiger partial charge on any atom is 0.308 e. The highest BCUT2D eigenvalue weighted by Crippen LogP contribution is 2.50. The van der Waals surface area contributed by atoms with Gasteiger partial charge in [0, 0.05) is 33.7 Å². The molecule has 2 atom stereocenters. The van der Waals surface area contributed by atoms with Crippen molar-refractivity contribution in [1.29, 1.82) is 0 Å². The largest absolute Gasteiger partial charge is 0.493 e. The number of para-hydroxylation sites is 1. The van der Waals surface area contributed by atoms with Crippen molar-refractivity contribution >= 4 is 34.7 Å². The van der Waals surface area contributed by atoms with E-state index in [-0.39, 0.29) is 23.2 Å². The van der Waals surface area contributed by atoms with Crippen LogP contribution in [0.3, 0.4) is 0 Å². The lowest BCUT2D eigenvalue weighted by molar-refractivity contribution is -0.116. The Balaban J connectivity index is 1.45. The van der Waals surface area contributed by atoms with Crippen LogP contribution >= 0.6 is 23.1 Å². The summed E-state index contributed by atoms with van der Waals surface area (Å²) in [4.78, 5) is 26.4. The van der Waals surface area contributed by atoms with Gasteiger partial charge in [-0.1, -0.05) is 41.7 Å². The molecule has 7 heteroatoms. The standard InChI is InChI=1S/C22H20N2O3S2/c1-13-5-4-6-15(9-13)23-18(25)10-24-21-20(29-22(24)26)19-14(12-28-21)11-27-17-8-3-2-7-16(17)19/h2-9,14,19H,10-12H2,1H3,(H,23,25). The summed E-state index contributed by atoms with van der Waals surface area (Å²) >= 11 is 2.93. The zero-order chi connectivity index (χ0) is 20.0. The lowest BCUT2D eigenvalue weighted by Crippen LogP contribution is -2.31. The number of hydrogen-bond acceptors (Lipinski definition) is 5. The Morgan fingerprint density at radius 2 is 2.10 bits per heavy atom. The van der Waals surface area contributed by atoms with Crippen LogP contribution in [0.1, 0.15) is 21.9 Å². The molecule has 1 aromatic heterocycles. The minimum absolute atomic E-state index is 0.0289. The maximum absolute atomic E-state index is 12.8. The average Bonchev–Trinajstić information content (AvgIpc) is 3.03. The number of rotatable bonds is 3. The quantitative estimate of drug-likeness (QED) is 0.688. The van der Waals surface area contributed by atoms with Crippen molar-refractivity contribution in [3.8, 4) is 5.75 Å². The van der Waals surface area contributed by atoms with E-state index in [0.29, 0.717) is 12.5 Å². The summed E-state index contributed by atoms with van der Waals surface area (Å²) in [5.74, 6) is 2.09. The molecule has 0 spiro atoms. The van der Waals surface area contributed by atoms with E-state index in [1.54, 1.807) is 16.3 Å². The van der Waals surface area contributed by atoms with Crippen molar-refractivity contribution in [2.24, 2.45) is 5.92 Å². The normalized spacial score (nSPS) is 19.5. The fourth-order valence-corrected chi connectivity index (χ4v) is 6.75. The molecular weight excluding hydrogens is 404 g/mol. The first-order chi connectivity index (χ1) is 14.1. The Morgan fingerprint density at radius 3 is 2.97 bits per heavy atom. The molecule has 2 aromatic carbocycles. The number of ether oxygens (including phenoxy) is 1. The molecule has 0 saturated carbocycles. The molecule has 3 aromatic rings. The van der Waals surface area contributed by atoms with Crippen molar-refractivity contribution in [1.82, 2.24) is 4.57 Å². The number of aromatic nitrogens is 1. The van der Waals surface area contributed by atoms with E-state index < -0.39 is 0 Å². The van der Waals surface area contributed by atoms with Crippen molar-refractivity contribution < 1.29 is 9.53 Å². The minimum Gasteiger partial charge on any atom is -0.493 e. The first-order valence-corrected chi connectivity index (χ1v) is 11.3. The molecule has 5 rings (SSSR count). The highest BCUT2D eigenvalue weighted by atomic mass is 32.2. The van der Waals surface area contributed by atoms with Gasteiger partial charge in [-0.15, -0.1) is 11.8 Å². The number of fused-ring (bicyclic) bond motifs is 5. The van der Waals surface area contributed by atoms with Crippen molar-refractivity contribution in [2.45, 2.75) is 24.4 Å². The topological polar surface area (TPSA) is 60.3 Å². The number of thiazole rings is 1. The van der Waals surface area contributed by atoms with E-state index in [0.717, 1.165) is 38.2 Å². The predicted molar refractivity (Wildman–Crippen MR) is 116 cm³/mol. The second-order valence-electron chi connectivity index (χ2n) is 7.44. The van der Waals surface area contributed by atoms with Gasteiger partial charge in [-0.05, 0) is 30.7 Å². The number of benzene rings is 2. The van der Waals surface area contributed by atoms with Crippen molar-refractivity contribution in [2.75, 3.05) is 17.7 Å². The van der Waals surface area contributed by atoms with Gasteiger partial charge >= 0.3 is 4.87 Å². The molecule has 0 aliphatic carbocycles. The van der Waals surface area contributed by atoms with Crippen LogP contribution in [0.5, 0.6) is 5.75 Å². The average molecular weight is 425 g/mol. The summed E-state index contributed by atoms with van der Waals surface area (Å²) in [6, 6.07) is 15.7. The van der Waals surface area contributed by atoms with Crippen molar-refractivity contribution in [3.05, 3.63) is 74.2 Å². The molecule has 0 bridgehead atoms. The fourth-order valence-electron chi connectivity index (χ4n) is 4.06. The Hall–Kier alpha value is -2.51. The van der Waals surface area contributed by atoms with Gasteiger partial charge in [-0.2, -0.15) is 0 Å². The second kappa shape index (κ2) is 7.39. The summed E-state index contributed by atoms with van der Waals surface area (Å²) in [5, 5.41) is 3.83. The number of anilines is 1. The summed E-state index contributed by atoms with van der Waals surface area (Å²) in [7, 11) is 0. The molecule has 3 heterocycles. The van der Waals surface area contributed by atoms with Crippen LogP contribution < -0.4 is 14.9 Å². The zero-order valence-corrected chi connectivity index (χ0v) is 17.5. The lowest BCUT2D eigenvalue weighted by atomic mass is 9.84. The number of nitrogens with one attached hydrogen (secondary N) is 1. The van der Waals surface area contributed by atoms with Gasteiger partial charge in [0.2, 0.25) is 5.91 Å². The maximum atomic E-state index is 12.8. The molecule has 1 amide bonds. The molecule has 2 unspecified atom stereocenters. The van der Waals surface area contributed by atoms with Gasteiger partial charge in [0.1, 0.15) is 12.3 Å². The second-order valence-corrected chi connectivity index (χ2v) is 9.44. The SMILES string of the molecule is Cc1cccc(NC(=O)Cn2c3c(sc2=O)C2c4ccccc4OCC2CS3)c1. The number of aryl methyl sites for hydroxylation is 1. The number of nitrogens with zero attached hydrogens (tertiary/aromatic N) is 1. The first kappa shape index (κ1) is 18.5. The Morgan fingerprint density at radius 1 is 1.24 bits per heavy atom. The Bertz CT molecular complexity index is 1150. The molecule has 148 valence electrons. The van der Waals surface area contributed by atoms with Crippen LogP contribution in [0.4, 0.5) is 5.69 Å². The predicted octanol–water partition coefficient (Wildman–Crippen LogP) is 4.10. The molecule has 1 N–H and O–H groups in total. The van der Waals surface area contributed by atoms with Gasteiger partial charge < -0.3 is 10.1 Å². The number of carbonyl (C=O) groups excluding carboxylic acids is 1. The van der Waals surface area contributed by atoms with Crippen LogP contribution in [0.2, 0.25) is 0 Å². The summed E-state index contributed by atoms with van der Waals surface area (Å²) in [5.41, 5.74) is 2.97. The molecule has 2 aliphatic rings. The number of thioether (sulfide) groups is 1. The van der Waals surface area contributed by atoms with Gasteiger partial charge in [0.05, 0.1) is 11.6 Å². The molecule has 2 aliphatic heterocycles. The van der Waals surface area contributed by atoms with E-state index >= 15 is 0 Å². The van der Waals surface area contributed by atoms with E-state index in [1.807, 2.05) is 49.4 Å². The van der Waals surface area contributed by atoms with Crippen LogP contribution in [-0.2, 0) is 11.3 Å². The third-order valence-corrected chi connectivity index (χ3v) is 7.87. The van der Waals surface area contributed by atoms with Crippen LogP contribution in [0.15, 0.2) is 58.4 Å². The summed E-state index contributed by atoms with van der Waals surface area (Å²) in [6.45, 7) is 2.67. The van der Waals surface area contributed by atoms with Crippen LogP contribution in [0, 0.1) is 12.8 Å². The molecule has 0 saturated heterocycles. The van der Waals surface area contributed by atoms with E-state index in [9.17, 15) is 9.59 Å². The van der Waals surface area contributed by atoms with Gasteiger partial charge in [0.25, 0.3) is 0 Å². The first-order valence-electron chi connectivity index (χ1n) is 9.54. The zero-order valence-electron chi connectivity index (χ0n) is 15.9. The highest BCUT2D eigenvalue weighted by molar-refractivity contribution is 7.99. The monoisotopic (exact) mass is 424 g/mol. The highest BCUT2D eigenvalue weighted by Gasteiger charge is 2.39. The third kappa shape index (κ3) is 3.38. The minimum atomic E-state index is -0.187. The van der Waals surface area contributed by atoms with Crippen LogP contribution in [-0.4, -0.2) is 22.8 Å². The number of hydrogen-bond donors (Lipinski definition) is 1.